The topological polar surface area (TPSA) is 150 Å². The number of carboxylic acid groups (broad SMARTS) is 2. The Hall–Kier alpha value is -2.37. The molecule has 1 atom stereocenters. The summed E-state index contributed by atoms with van der Waals surface area (Å²) in [5.41, 5.74) is 5.06. The lowest BCUT2D eigenvalue weighted by molar-refractivity contribution is -0.192. The second-order valence-corrected chi connectivity index (χ2v) is 4.37. The minimum atomic E-state index is -5.08. The molecular weight excluding hydrogens is 327 g/mol. The fourth-order valence-corrected chi connectivity index (χ4v) is 1.67. The molecular formula is C11H16F3N3O6. The monoisotopic (exact) mass is 343 g/mol. The van der Waals surface area contributed by atoms with E-state index in [1.54, 1.807) is 0 Å². The van der Waals surface area contributed by atoms with Gasteiger partial charge in [0.15, 0.2) is 0 Å². The summed E-state index contributed by atoms with van der Waals surface area (Å²) in [6.07, 6.45) is -3.94. The maximum Gasteiger partial charge on any atom is 0.490 e. The van der Waals surface area contributed by atoms with Gasteiger partial charge < -0.3 is 26.2 Å². The lowest BCUT2D eigenvalue weighted by Crippen LogP contribution is -2.46. The Labute approximate surface area is 128 Å². The molecule has 0 unspecified atom stereocenters. The maximum atomic E-state index is 11.6. The molecule has 1 aliphatic heterocycles. The number of nitrogens with one attached hydrogen (secondary N) is 1. The molecule has 0 saturated carbocycles. The van der Waals surface area contributed by atoms with Gasteiger partial charge in [0.25, 0.3) is 0 Å². The Morgan fingerprint density at radius 2 is 1.74 bits per heavy atom. The highest BCUT2D eigenvalue weighted by Gasteiger charge is 2.38. The van der Waals surface area contributed by atoms with Crippen molar-refractivity contribution in [2.75, 3.05) is 19.6 Å². The van der Waals surface area contributed by atoms with Gasteiger partial charge in [-0.05, 0) is 12.8 Å². The molecule has 2 amide bonds. The van der Waals surface area contributed by atoms with Crippen LogP contribution >= 0.6 is 0 Å². The van der Waals surface area contributed by atoms with E-state index in [0.717, 1.165) is 0 Å². The summed E-state index contributed by atoms with van der Waals surface area (Å²) in [7, 11) is 0. The van der Waals surface area contributed by atoms with Crippen molar-refractivity contribution in [3.63, 3.8) is 0 Å². The van der Waals surface area contributed by atoms with E-state index in [4.69, 9.17) is 20.7 Å². The number of rotatable bonds is 4. The van der Waals surface area contributed by atoms with Crippen molar-refractivity contribution in [2.45, 2.75) is 25.1 Å². The molecule has 23 heavy (non-hydrogen) atoms. The van der Waals surface area contributed by atoms with Crippen LogP contribution in [0, 0.1) is 0 Å². The molecule has 1 aliphatic rings. The van der Waals surface area contributed by atoms with Crippen molar-refractivity contribution >= 4 is 23.8 Å². The van der Waals surface area contributed by atoms with Gasteiger partial charge in [0.2, 0.25) is 11.8 Å². The minimum Gasteiger partial charge on any atom is -0.480 e. The predicted octanol–water partition coefficient (Wildman–Crippen LogP) is -1.23. The van der Waals surface area contributed by atoms with E-state index in [-0.39, 0.29) is 19.0 Å². The first-order valence-corrected chi connectivity index (χ1v) is 6.29. The fourth-order valence-electron chi connectivity index (χ4n) is 1.67. The fraction of sp³-hybridized carbons (Fsp3) is 0.636. The van der Waals surface area contributed by atoms with Crippen LogP contribution in [-0.4, -0.2) is 70.7 Å². The van der Waals surface area contributed by atoms with Crippen molar-refractivity contribution in [3.8, 4) is 0 Å². The summed E-state index contributed by atoms with van der Waals surface area (Å²) in [6.45, 7) is 0.0454. The molecule has 0 spiro atoms. The highest BCUT2D eigenvalue weighted by molar-refractivity contribution is 5.88. The van der Waals surface area contributed by atoms with Gasteiger partial charge in [0.05, 0.1) is 13.1 Å². The molecule has 0 aromatic rings. The van der Waals surface area contributed by atoms with Gasteiger partial charge in [-0.25, -0.2) is 9.59 Å². The molecule has 0 aliphatic carbocycles. The number of alkyl halides is 3. The number of aliphatic carboxylic acids is 2. The Kier molecular flexibility index (Phi) is 8.00. The van der Waals surface area contributed by atoms with Gasteiger partial charge in [-0.2, -0.15) is 13.2 Å². The molecule has 1 rings (SSSR count). The number of likely N-dealkylation sites (tertiary alicyclic amines) is 1. The summed E-state index contributed by atoms with van der Waals surface area (Å²) >= 11 is 0. The van der Waals surface area contributed by atoms with Gasteiger partial charge in [-0.15, -0.1) is 0 Å². The van der Waals surface area contributed by atoms with E-state index >= 15 is 0 Å². The molecule has 9 nitrogen and oxygen atoms in total. The molecule has 0 aromatic carbocycles. The van der Waals surface area contributed by atoms with Gasteiger partial charge in [-0.3, -0.25) is 9.59 Å². The van der Waals surface area contributed by atoms with Crippen LogP contribution in [0.1, 0.15) is 12.8 Å². The van der Waals surface area contributed by atoms with Crippen molar-refractivity contribution in [1.29, 1.82) is 0 Å². The van der Waals surface area contributed by atoms with Crippen LogP contribution < -0.4 is 11.1 Å². The molecule has 12 heteroatoms. The zero-order valence-electron chi connectivity index (χ0n) is 11.8. The Morgan fingerprint density at radius 3 is 2.13 bits per heavy atom. The van der Waals surface area contributed by atoms with E-state index < -0.39 is 30.1 Å². The first-order chi connectivity index (χ1) is 10.5. The summed E-state index contributed by atoms with van der Waals surface area (Å²) in [5, 5.41) is 18.3. The molecule has 0 aromatic heterocycles. The first-order valence-electron chi connectivity index (χ1n) is 6.29. The number of carbonyl (C=O) groups is 4. The summed E-state index contributed by atoms with van der Waals surface area (Å²) in [4.78, 5) is 43.4. The average molecular weight is 343 g/mol. The molecule has 0 radical (unpaired) electrons. The summed E-state index contributed by atoms with van der Waals surface area (Å²) in [5.74, 6) is -4.57. The zero-order valence-corrected chi connectivity index (χ0v) is 11.8. The molecule has 1 fully saturated rings. The van der Waals surface area contributed by atoms with Crippen LogP contribution in [0.3, 0.4) is 0 Å². The van der Waals surface area contributed by atoms with Crippen LogP contribution in [0.4, 0.5) is 13.2 Å². The normalized spacial score (nSPS) is 17.0. The van der Waals surface area contributed by atoms with Gasteiger partial charge in [0.1, 0.15) is 6.04 Å². The van der Waals surface area contributed by atoms with E-state index in [1.165, 1.54) is 4.90 Å². The molecule has 132 valence electrons. The number of amides is 2. The van der Waals surface area contributed by atoms with Crippen LogP contribution in [0.25, 0.3) is 0 Å². The Bertz CT molecular complexity index is 468. The second kappa shape index (κ2) is 8.92. The van der Waals surface area contributed by atoms with Gasteiger partial charge >= 0.3 is 18.1 Å². The molecule has 1 saturated heterocycles. The third kappa shape index (κ3) is 7.44. The number of nitrogens with zero attached hydrogens (tertiary/aromatic N) is 1. The van der Waals surface area contributed by atoms with Crippen LogP contribution in [-0.2, 0) is 19.2 Å². The Morgan fingerprint density at radius 1 is 1.22 bits per heavy atom. The largest absolute Gasteiger partial charge is 0.490 e. The first kappa shape index (κ1) is 20.6. The third-order valence-electron chi connectivity index (χ3n) is 2.72. The quantitative estimate of drug-likeness (QED) is 0.499. The minimum absolute atomic E-state index is 0.185. The summed E-state index contributed by atoms with van der Waals surface area (Å²) < 4.78 is 31.7. The number of halogens is 3. The van der Waals surface area contributed by atoms with Gasteiger partial charge in [0, 0.05) is 6.54 Å². The standard InChI is InChI=1S/C9H15N3O4.C2HF3O2/c10-4-7(13)11-5-8(14)12-3-1-2-6(12)9(15)16;3-2(4,5)1(6)7/h6H,1-5,10H2,(H,11,13)(H,15,16);(H,6,7)/t6-;/m0./s1. The number of hydrogen-bond acceptors (Lipinski definition) is 5. The van der Waals surface area contributed by atoms with Crippen molar-refractivity contribution < 1.29 is 42.6 Å². The average Bonchev–Trinajstić information content (AvgIpc) is 2.93. The lowest BCUT2D eigenvalue weighted by atomic mass is 10.2. The van der Waals surface area contributed by atoms with Crippen molar-refractivity contribution in [3.05, 3.63) is 0 Å². The van der Waals surface area contributed by atoms with Crippen molar-refractivity contribution in [2.24, 2.45) is 5.73 Å². The molecule has 5 N–H and O–H groups in total. The lowest BCUT2D eigenvalue weighted by Gasteiger charge is -2.21. The zero-order chi connectivity index (χ0) is 18.2. The maximum absolute atomic E-state index is 11.6. The number of carbonyl (C=O) groups excluding carboxylic acids is 2. The number of hydrogen-bond donors (Lipinski definition) is 4. The second-order valence-electron chi connectivity index (χ2n) is 4.37. The van der Waals surface area contributed by atoms with E-state index in [2.05, 4.69) is 5.32 Å². The number of nitrogens with two attached hydrogens (primary N) is 1. The predicted molar refractivity (Wildman–Crippen MR) is 68.1 cm³/mol. The Balaban J connectivity index is 0.000000585. The third-order valence-corrected chi connectivity index (χ3v) is 2.72. The summed E-state index contributed by atoms with van der Waals surface area (Å²) in [6, 6.07) is -0.762. The van der Waals surface area contributed by atoms with Crippen molar-refractivity contribution in [1.82, 2.24) is 10.2 Å². The molecule has 0 bridgehead atoms. The van der Waals surface area contributed by atoms with E-state index in [0.29, 0.717) is 19.4 Å². The van der Waals surface area contributed by atoms with E-state index in [1.807, 2.05) is 0 Å². The van der Waals surface area contributed by atoms with E-state index in [9.17, 15) is 27.6 Å². The number of carboxylic acids is 2. The smallest absolute Gasteiger partial charge is 0.480 e. The highest BCUT2D eigenvalue weighted by atomic mass is 19.4. The molecule has 1 heterocycles. The van der Waals surface area contributed by atoms with Crippen LogP contribution in [0.5, 0.6) is 0 Å². The SMILES string of the molecule is NCC(=O)NCC(=O)N1CCC[C@H]1C(=O)O.O=C(O)C(F)(F)F. The van der Waals surface area contributed by atoms with Crippen LogP contribution in [0.15, 0.2) is 0 Å². The highest BCUT2D eigenvalue weighted by Crippen LogP contribution is 2.17. The van der Waals surface area contributed by atoms with Gasteiger partial charge in [-0.1, -0.05) is 0 Å². The van der Waals surface area contributed by atoms with Crippen LogP contribution in [0.2, 0.25) is 0 Å².